The lowest BCUT2D eigenvalue weighted by Gasteiger charge is -2.08. The fraction of sp³-hybridized carbons (Fsp3) is 0.556. The summed E-state index contributed by atoms with van der Waals surface area (Å²) in [7, 11) is 0. The first-order chi connectivity index (χ1) is 6.96. The van der Waals surface area contributed by atoms with Gasteiger partial charge < -0.3 is 5.73 Å². The Labute approximate surface area is 84.5 Å². The largest absolute Gasteiger partial charge is 0.396 e. The lowest BCUT2D eigenvalue weighted by molar-refractivity contribution is -0.128. The van der Waals surface area contributed by atoms with Gasteiger partial charge in [-0.2, -0.15) is 13.2 Å². The quantitative estimate of drug-likeness (QED) is 0.778. The second kappa shape index (κ2) is 3.36. The van der Waals surface area contributed by atoms with Gasteiger partial charge in [-0.15, -0.1) is 0 Å². The van der Waals surface area contributed by atoms with Gasteiger partial charge in [-0.05, 0) is 19.3 Å². The molecule has 1 aromatic rings. The van der Waals surface area contributed by atoms with Gasteiger partial charge in [0, 0.05) is 11.3 Å². The maximum absolute atomic E-state index is 12.1. The second-order valence-electron chi connectivity index (χ2n) is 3.60. The number of aromatic nitrogens is 2. The van der Waals surface area contributed by atoms with E-state index in [2.05, 4.69) is 9.97 Å². The molecule has 0 amide bonds. The second-order valence-corrected chi connectivity index (χ2v) is 3.60. The van der Waals surface area contributed by atoms with Crippen molar-refractivity contribution in [3.05, 3.63) is 17.1 Å². The maximum atomic E-state index is 12.1. The van der Waals surface area contributed by atoms with Crippen LogP contribution < -0.4 is 5.73 Å². The number of nitrogens with zero attached hydrogens (tertiary/aromatic N) is 2. The minimum Gasteiger partial charge on any atom is -0.383 e. The first-order valence-corrected chi connectivity index (χ1v) is 4.66. The highest BCUT2D eigenvalue weighted by molar-refractivity contribution is 5.44. The molecule has 0 unspecified atom stereocenters. The van der Waals surface area contributed by atoms with Crippen molar-refractivity contribution in [2.75, 3.05) is 5.73 Å². The third kappa shape index (κ3) is 2.19. The zero-order chi connectivity index (χ0) is 11.1. The van der Waals surface area contributed by atoms with Crippen LogP contribution in [0.1, 0.15) is 23.5 Å². The molecule has 2 N–H and O–H groups in total. The summed E-state index contributed by atoms with van der Waals surface area (Å²) in [6, 6.07) is 0. The number of hydrogen-bond donors (Lipinski definition) is 1. The van der Waals surface area contributed by atoms with E-state index < -0.39 is 12.6 Å². The number of aryl methyl sites for hydroxylation is 1. The van der Waals surface area contributed by atoms with Crippen molar-refractivity contribution in [1.82, 2.24) is 9.97 Å². The maximum Gasteiger partial charge on any atom is 0.396 e. The van der Waals surface area contributed by atoms with Crippen LogP contribution in [0.2, 0.25) is 0 Å². The predicted octanol–water partition coefficient (Wildman–Crippen LogP) is 1.65. The SMILES string of the molecule is Nc1nc(CC(F)(F)F)nc2c1CCC2. The van der Waals surface area contributed by atoms with Crippen molar-refractivity contribution < 1.29 is 13.2 Å². The lowest BCUT2D eigenvalue weighted by atomic mass is 10.2. The molecule has 0 aliphatic heterocycles. The van der Waals surface area contributed by atoms with Crippen LogP contribution in [0.15, 0.2) is 0 Å². The Balaban J connectivity index is 2.32. The lowest BCUT2D eigenvalue weighted by Crippen LogP contribution is -2.16. The van der Waals surface area contributed by atoms with E-state index in [9.17, 15) is 13.2 Å². The van der Waals surface area contributed by atoms with E-state index in [4.69, 9.17) is 5.73 Å². The number of alkyl halides is 3. The van der Waals surface area contributed by atoms with E-state index in [0.29, 0.717) is 12.1 Å². The summed E-state index contributed by atoms with van der Waals surface area (Å²) >= 11 is 0. The molecular formula is C9H10F3N3. The summed E-state index contributed by atoms with van der Waals surface area (Å²) in [6.07, 6.45) is -3.02. The fourth-order valence-corrected chi connectivity index (χ4v) is 1.77. The summed E-state index contributed by atoms with van der Waals surface area (Å²) in [5.41, 5.74) is 7.08. The summed E-state index contributed by atoms with van der Waals surface area (Å²) < 4.78 is 36.3. The standard InChI is InChI=1S/C9H10F3N3/c10-9(11,12)4-7-14-6-3-1-2-5(6)8(13)15-7/h1-4H2,(H2,13,14,15). The number of rotatable bonds is 1. The summed E-state index contributed by atoms with van der Waals surface area (Å²) in [4.78, 5) is 7.57. The van der Waals surface area contributed by atoms with Gasteiger partial charge in [-0.25, -0.2) is 9.97 Å². The summed E-state index contributed by atoms with van der Waals surface area (Å²) in [5.74, 6) is -0.0163. The van der Waals surface area contributed by atoms with Crippen LogP contribution in [0.25, 0.3) is 0 Å². The number of hydrogen-bond acceptors (Lipinski definition) is 3. The Bertz CT molecular complexity index is 387. The molecule has 0 saturated carbocycles. The third-order valence-corrected chi connectivity index (χ3v) is 2.37. The number of halogens is 3. The van der Waals surface area contributed by atoms with Gasteiger partial charge in [0.05, 0.1) is 0 Å². The summed E-state index contributed by atoms with van der Waals surface area (Å²) in [6.45, 7) is 0. The van der Waals surface area contributed by atoms with Crippen molar-refractivity contribution >= 4 is 5.82 Å². The first-order valence-electron chi connectivity index (χ1n) is 4.66. The Morgan fingerprint density at radius 3 is 2.60 bits per heavy atom. The molecule has 0 radical (unpaired) electrons. The van der Waals surface area contributed by atoms with Gasteiger partial charge in [0.25, 0.3) is 0 Å². The first kappa shape index (κ1) is 10.2. The van der Waals surface area contributed by atoms with Crippen molar-refractivity contribution in [1.29, 1.82) is 0 Å². The molecule has 2 rings (SSSR count). The molecule has 0 spiro atoms. The molecule has 1 aliphatic rings. The number of nitrogen functional groups attached to an aromatic ring is 1. The van der Waals surface area contributed by atoms with E-state index in [1.807, 2.05) is 0 Å². The molecule has 1 aliphatic carbocycles. The molecule has 15 heavy (non-hydrogen) atoms. The molecule has 82 valence electrons. The molecule has 0 saturated heterocycles. The van der Waals surface area contributed by atoms with E-state index in [1.165, 1.54) is 0 Å². The molecule has 0 bridgehead atoms. The molecule has 0 aromatic carbocycles. The van der Waals surface area contributed by atoms with E-state index in [-0.39, 0.29) is 11.6 Å². The minimum atomic E-state index is -4.28. The summed E-state index contributed by atoms with van der Waals surface area (Å²) in [5, 5.41) is 0. The van der Waals surface area contributed by atoms with Crippen LogP contribution in [0.4, 0.5) is 19.0 Å². The minimum absolute atomic E-state index is 0.205. The van der Waals surface area contributed by atoms with Gasteiger partial charge in [-0.3, -0.25) is 0 Å². The van der Waals surface area contributed by atoms with E-state index >= 15 is 0 Å². The van der Waals surface area contributed by atoms with E-state index in [0.717, 1.165) is 18.4 Å². The van der Waals surface area contributed by atoms with Crippen molar-refractivity contribution in [2.24, 2.45) is 0 Å². The van der Waals surface area contributed by atoms with Gasteiger partial charge in [0.15, 0.2) is 0 Å². The monoisotopic (exact) mass is 217 g/mol. The number of fused-ring (bicyclic) bond motifs is 1. The highest BCUT2D eigenvalue weighted by Gasteiger charge is 2.30. The van der Waals surface area contributed by atoms with Gasteiger partial charge in [0.2, 0.25) is 0 Å². The zero-order valence-corrected chi connectivity index (χ0v) is 7.93. The molecule has 3 nitrogen and oxygen atoms in total. The average Bonchev–Trinajstić information content (AvgIpc) is 2.48. The number of nitrogens with two attached hydrogens (primary N) is 1. The molecule has 6 heteroatoms. The number of anilines is 1. The highest BCUT2D eigenvalue weighted by Crippen LogP contribution is 2.26. The molecular weight excluding hydrogens is 207 g/mol. The van der Waals surface area contributed by atoms with Gasteiger partial charge in [0.1, 0.15) is 18.1 Å². The third-order valence-electron chi connectivity index (χ3n) is 2.37. The zero-order valence-electron chi connectivity index (χ0n) is 7.93. The topological polar surface area (TPSA) is 51.8 Å². The van der Waals surface area contributed by atoms with Crippen LogP contribution in [-0.4, -0.2) is 16.1 Å². The smallest absolute Gasteiger partial charge is 0.383 e. The van der Waals surface area contributed by atoms with Crippen LogP contribution in [0.3, 0.4) is 0 Å². The van der Waals surface area contributed by atoms with Crippen molar-refractivity contribution in [3.8, 4) is 0 Å². The predicted molar refractivity (Wildman–Crippen MR) is 48.2 cm³/mol. The average molecular weight is 217 g/mol. The van der Waals surface area contributed by atoms with E-state index in [1.54, 1.807) is 0 Å². The Morgan fingerprint density at radius 1 is 1.20 bits per heavy atom. The van der Waals surface area contributed by atoms with Crippen molar-refractivity contribution in [3.63, 3.8) is 0 Å². The Morgan fingerprint density at radius 2 is 1.93 bits per heavy atom. The molecule has 0 fully saturated rings. The van der Waals surface area contributed by atoms with Crippen LogP contribution in [-0.2, 0) is 19.3 Å². The van der Waals surface area contributed by atoms with Crippen LogP contribution in [0, 0.1) is 0 Å². The molecule has 0 atom stereocenters. The molecule has 1 heterocycles. The fourth-order valence-electron chi connectivity index (χ4n) is 1.77. The van der Waals surface area contributed by atoms with Gasteiger partial charge in [-0.1, -0.05) is 0 Å². The normalized spacial score (nSPS) is 15.4. The molecule has 1 aromatic heterocycles. The Hall–Kier alpha value is -1.33. The van der Waals surface area contributed by atoms with Crippen LogP contribution in [0.5, 0.6) is 0 Å². The van der Waals surface area contributed by atoms with Crippen molar-refractivity contribution in [2.45, 2.75) is 31.9 Å². The van der Waals surface area contributed by atoms with Gasteiger partial charge >= 0.3 is 6.18 Å². The highest BCUT2D eigenvalue weighted by atomic mass is 19.4. The van der Waals surface area contributed by atoms with Crippen LogP contribution >= 0.6 is 0 Å². The Kier molecular flexibility index (Phi) is 2.28.